The Hall–Kier alpha value is -2.14. The summed E-state index contributed by atoms with van der Waals surface area (Å²) >= 11 is 6.00. The van der Waals surface area contributed by atoms with Crippen molar-refractivity contribution in [3.05, 3.63) is 47.5 Å². The maximum atomic E-state index is 13.8. The van der Waals surface area contributed by atoms with E-state index in [4.69, 9.17) is 16.3 Å². The van der Waals surface area contributed by atoms with Gasteiger partial charge < -0.3 is 19.5 Å². The molecule has 1 aromatic carbocycles. The van der Waals surface area contributed by atoms with Crippen LogP contribution in [0.25, 0.3) is 0 Å². The first-order valence-electron chi connectivity index (χ1n) is 12.7. The van der Waals surface area contributed by atoms with Crippen LogP contribution in [-0.4, -0.2) is 84.0 Å². The first kappa shape index (κ1) is 26.9. The van der Waals surface area contributed by atoms with Crippen LogP contribution in [-0.2, 0) is 14.8 Å². The van der Waals surface area contributed by atoms with Crippen LogP contribution in [0.5, 0.6) is 0 Å². The summed E-state index contributed by atoms with van der Waals surface area (Å²) in [6.07, 6.45) is 7.88. The number of aromatic nitrogens is 2. The van der Waals surface area contributed by atoms with E-state index in [0.29, 0.717) is 42.8 Å². The first-order chi connectivity index (χ1) is 17.3. The molecule has 0 saturated carbocycles. The molecule has 1 amide bonds. The first-order valence-corrected chi connectivity index (χ1v) is 14.5. The van der Waals surface area contributed by atoms with E-state index in [1.54, 1.807) is 29.4 Å². The standard InChI is InChI=1S/C25H36ClN5O4S/c1-3-15-29(2)20-11-16-30(17-12-20)25(32)35-18-21-5-4-6-23(24-27-13-14-28-24)31(21)36(33,34)22-9-7-19(26)8-10-22/h7-10,13-14,20-21,23H,3-6,11-12,15-18H2,1-2H3,(H,27,28)/t21-,23+/m1/s1. The summed E-state index contributed by atoms with van der Waals surface area (Å²) in [5, 5.41) is 0.463. The Bertz CT molecular complexity index is 1090. The quantitative estimate of drug-likeness (QED) is 0.539. The topological polar surface area (TPSA) is 98.8 Å². The SMILES string of the molecule is CCCN(C)C1CCN(C(=O)OC[C@H]2CCC[C@@H](c3ncc[nH]3)N2S(=O)(=O)c2ccc(Cl)cc2)CC1. The number of sulfonamides is 1. The largest absolute Gasteiger partial charge is 0.448 e. The number of rotatable bonds is 8. The zero-order valence-electron chi connectivity index (χ0n) is 21.0. The number of carbonyl (C=O) groups excluding carboxylic acids is 1. The predicted octanol–water partition coefficient (Wildman–Crippen LogP) is 4.29. The number of likely N-dealkylation sites (tertiary alicyclic amines) is 1. The van der Waals surface area contributed by atoms with Gasteiger partial charge in [0, 0.05) is 36.5 Å². The Morgan fingerprint density at radius 1 is 1.19 bits per heavy atom. The van der Waals surface area contributed by atoms with Crippen LogP contribution in [0.4, 0.5) is 4.79 Å². The van der Waals surface area contributed by atoms with Crippen molar-refractivity contribution in [3.8, 4) is 0 Å². The molecule has 36 heavy (non-hydrogen) atoms. The second-order valence-electron chi connectivity index (χ2n) is 9.64. The third-order valence-corrected chi connectivity index (χ3v) is 9.46. The van der Waals surface area contributed by atoms with Gasteiger partial charge in [0.15, 0.2) is 0 Å². The molecule has 0 bridgehead atoms. The molecular formula is C25H36ClN5O4S. The lowest BCUT2D eigenvalue weighted by Crippen LogP contribution is -2.50. The maximum absolute atomic E-state index is 13.8. The fraction of sp³-hybridized carbons (Fsp3) is 0.600. The van der Waals surface area contributed by atoms with Crippen LogP contribution >= 0.6 is 11.6 Å². The fourth-order valence-corrected chi connectivity index (χ4v) is 7.25. The van der Waals surface area contributed by atoms with Crippen LogP contribution < -0.4 is 0 Å². The Kier molecular flexibility index (Phi) is 8.92. The number of carbonyl (C=O) groups is 1. The van der Waals surface area contributed by atoms with Gasteiger partial charge in [0.1, 0.15) is 12.4 Å². The average Bonchev–Trinajstić information content (AvgIpc) is 3.42. The number of aromatic amines is 1. The van der Waals surface area contributed by atoms with Crippen molar-refractivity contribution in [3.63, 3.8) is 0 Å². The summed E-state index contributed by atoms with van der Waals surface area (Å²) < 4.78 is 34.8. The van der Waals surface area contributed by atoms with Gasteiger partial charge in [0.05, 0.1) is 17.0 Å². The highest BCUT2D eigenvalue weighted by atomic mass is 35.5. The van der Waals surface area contributed by atoms with Gasteiger partial charge in [-0.25, -0.2) is 18.2 Å². The number of amides is 1. The van der Waals surface area contributed by atoms with E-state index in [1.807, 2.05) is 0 Å². The lowest BCUT2D eigenvalue weighted by Gasteiger charge is -2.40. The van der Waals surface area contributed by atoms with Crippen molar-refractivity contribution in [2.24, 2.45) is 0 Å². The minimum Gasteiger partial charge on any atom is -0.448 e. The molecule has 1 aromatic heterocycles. The van der Waals surface area contributed by atoms with Gasteiger partial charge in [-0.15, -0.1) is 0 Å². The lowest BCUT2D eigenvalue weighted by molar-refractivity contribution is 0.0491. The molecule has 198 valence electrons. The van der Waals surface area contributed by atoms with Crippen molar-refractivity contribution in [1.29, 1.82) is 0 Å². The summed E-state index contributed by atoms with van der Waals surface area (Å²) in [5.41, 5.74) is 0. The van der Waals surface area contributed by atoms with Gasteiger partial charge in [-0.3, -0.25) is 0 Å². The Balaban J connectivity index is 1.47. The molecule has 4 rings (SSSR count). The van der Waals surface area contributed by atoms with Crippen molar-refractivity contribution >= 4 is 27.7 Å². The van der Waals surface area contributed by atoms with Crippen molar-refractivity contribution in [2.75, 3.05) is 33.3 Å². The Morgan fingerprint density at radius 3 is 2.56 bits per heavy atom. The molecule has 0 unspecified atom stereocenters. The van der Waals surface area contributed by atoms with E-state index in [-0.39, 0.29) is 17.6 Å². The van der Waals surface area contributed by atoms with Gasteiger partial charge in [-0.05, 0) is 76.4 Å². The van der Waals surface area contributed by atoms with E-state index in [0.717, 1.165) is 32.2 Å². The molecule has 2 aliphatic heterocycles. The highest BCUT2D eigenvalue weighted by molar-refractivity contribution is 7.89. The second kappa shape index (κ2) is 11.9. The molecule has 0 aliphatic carbocycles. The minimum atomic E-state index is -3.89. The molecule has 2 fully saturated rings. The summed E-state index contributed by atoms with van der Waals surface area (Å²) in [6.45, 7) is 4.50. The molecule has 0 radical (unpaired) electrons. The molecule has 9 nitrogen and oxygen atoms in total. The number of hydrogen-bond acceptors (Lipinski definition) is 6. The molecule has 2 atom stereocenters. The van der Waals surface area contributed by atoms with Crippen LogP contribution in [0.2, 0.25) is 5.02 Å². The molecule has 2 saturated heterocycles. The van der Waals surface area contributed by atoms with Gasteiger partial charge in [0.25, 0.3) is 0 Å². The fourth-order valence-electron chi connectivity index (χ4n) is 5.30. The van der Waals surface area contributed by atoms with E-state index >= 15 is 0 Å². The molecule has 2 aromatic rings. The number of piperidine rings is 2. The number of nitrogens with one attached hydrogen (secondary N) is 1. The lowest BCUT2D eigenvalue weighted by atomic mass is 9.98. The Morgan fingerprint density at radius 2 is 1.92 bits per heavy atom. The van der Waals surface area contributed by atoms with Crippen molar-refractivity contribution in [1.82, 2.24) is 24.1 Å². The predicted molar refractivity (Wildman–Crippen MR) is 138 cm³/mol. The van der Waals surface area contributed by atoms with E-state index in [1.165, 1.54) is 16.4 Å². The number of hydrogen-bond donors (Lipinski definition) is 1. The molecule has 3 heterocycles. The second-order valence-corrected chi connectivity index (χ2v) is 11.9. The van der Waals surface area contributed by atoms with Crippen molar-refractivity contribution in [2.45, 2.75) is 68.5 Å². The number of halogens is 1. The average molecular weight is 538 g/mol. The zero-order valence-corrected chi connectivity index (χ0v) is 22.5. The maximum Gasteiger partial charge on any atom is 0.409 e. The normalized spacial score (nSPS) is 22.2. The van der Waals surface area contributed by atoms with Crippen molar-refractivity contribution < 1.29 is 17.9 Å². The highest BCUT2D eigenvalue weighted by Crippen LogP contribution is 2.38. The third kappa shape index (κ3) is 6.04. The molecule has 11 heteroatoms. The molecular weight excluding hydrogens is 502 g/mol. The number of ether oxygens (including phenoxy) is 1. The number of nitrogens with zero attached hydrogens (tertiary/aromatic N) is 4. The van der Waals surface area contributed by atoms with Crippen LogP contribution in [0, 0.1) is 0 Å². The van der Waals surface area contributed by atoms with E-state index < -0.39 is 22.1 Å². The van der Waals surface area contributed by atoms with Crippen LogP contribution in [0.1, 0.15) is 57.3 Å². The van der Waals surface area contributed by atoms with Gasteiger partial charge >= 0.3 is 6.09 Å². The molecule has 0 spiro atoms. The number of benzene rings is 1. The molecule has 2 aliphatic rings. The number of H-pyrrole nitrogens is 1. The monoisotopic (exact) mass is 537 g/mol. The van der Waals surface area contributed by atoms with Crippen LogP contribution in [0.15, 0.2) is 41.6 Å². The number of imidazole rings is 1. The van der Waals surface area contributed by atoms with Gasteiger partial charge in [0.2, 0.25) is 10.0 Å². The van der Waals surface area contributed by atoms with E-state index in [9.17, 15) is 13.2 Å². The van der Waals surface area contributed by atoms with Gasteiger partial charge in [-0.2, -0.15) is 4.31 Å². The summed E-state index contributed by atoms with van der Waals surface area (Å²) in [7, 11) is -1.76. The minimum absolute atomic E-state index is 0.00146. The summed E-state index contributed by atoms with van der Waals surface area (Å²) in [6, 6.07) is 5.66. The summed E-state index contributed by atoms with van der Waals surface area (Å²) in [4.78, 5) is 24.6. The third-order valence-electron chi connectivity index (χ3n) is 7.23. The Labute approximate surface area is 218 Å². The highest BCUT2D eigenvalue weighted by Gasteiger charge is 2.42. The van der Waals surface area contributed by atoms with Crippen LogP contribution in [0.3, 0.4) is 0 Å². The summed E-state index contributed by atoms with van der Waals surface area (Å²) in [5.74, 6) is 0.585. The molecule has 1 N–H and O–H groups in total. The van der Waals surface area contributed by atoms with E-state index in [2.05, 4.69) is 28.8 Å². The smallest absolute Gasteiger partial charge is 0.409 e. The zero-order chi connectivity index (χ0) is 25.7. The van der Waals surface area contributed by atoms with Gasteiger partial charge in [-0.1, -0.05) is 18.5 Å².